The van der Waals surface area contributed by atoms with E-state index in [1.807, 2.05) is 0 Å². The summed E-state index contributed by atoms with van der Waals surface area (Å²) in [6, 6.07) is 1.50. The number of nitrogens with one attached hydrogen (secondary N) is 1. The van der Waals surface area contributed by atoms with Gasteiger partial charge >= 0.3 is 0 Å². The van der Waals surface area contributed by atoms with E-state index in [1.165, 1.54) is 51.5 Å². The van der Waals surface area contributed by atoms with Crippen molar-refractivity contribution in [1.29, 1.82) is 0 Å². The van der Waals surface area contributed by atoms with Crippen LogP contribution in [-0.4, -0.2) is 58.8 Å². The Kier molecular flexibility index (Phi) is 9.40. The lowest BCUT2D eigenvalue weighted by Crippen LogP contribution is -2.46. The molecule has 3 fully saturated rings. The molecule has 3 N–H and O–H groups in total. The summed E-state index contributed by atoms with van der Waals surface area (Å²) in [6.45, 7) is 1.84. The Morgan fingerprint density at radius 1 is 1.00 bits per heavy atom. The zero-order valence-corrected chi connectivity index (χ0v) is 15.9. The first-order valence-corrected chi connectivity index (χ1v) is 10.4. The fraction of sp³-hybridized carbons (Fsp3) is 0.900. The predicted molar refractivity (Wildman–Crippen MR) is 101 cm³/mol. The van der Waals surface area contributed by atoms with E-state index < -0.39 is 0 Å². The molecule has 1 atom stereocenters. The highest BCUT2D eigenvalue weighted by molar-refractivity contribution is 5.78. The van der Waals surface area contributed by atoms with Gasteiger partial charge in [0.2, 0.25) is 5.91 Å². The van der Waals surface area contributed by atoms with Crippen LogP contribution in [0.3, 0.4) is 0 Å². The maximum atomic E-state index is 12.3. The monoisotopic (exact) mass is 368 g/mol. The molecule has 1 heterocycles. The molecule has 6 nitrogen and oxygen atoms in total. The fourth-order valence-corrected chi connectivity index (χ4v) is 4.89. The quantitative estimate of drug-likeness (QED) is 0.649. The molecule has 1 saturated heterocycles. The van der Waals surface area contributed by atoms with Crippen LogP contribution in [-0.2, 0) is 9.59 Å². The van der Waals surface area contributed by atoms with E-state index in [-0.39, 0.29) is 24.4 Å². The number of hydrogen-bond acceptors (Lipinski definition) is 4. The van der Waals surface area contributed by atoms with E-state index in [1.54, 1.807) is 0 Å². The molecule has 3 rings (SSSR count). The minimum atomic E-state index is -0.250. The van der Waals surface area contributed by atoms with Gasteiger partial charge in [0.15, 0.2) is 0 Å². The molecular weight excluding hydrogens is 332 g/mol. The molecule has 0 spiro atoms. The van der Waals surface area contributed by atoms with Crippen molar-refractivity contribution in [3.63, 3.8) is 0 Å². The van der Waals surface area contributed by atoms with Gasteiger partial charge in [0.05, 0.1) is 6.10 Å². The van der Waals surface area contributed by atoms with Crippen molar-refractivity contribution in [2.75, 3.05) is 13.1 Å². The lowest BCUT2D eigenvalue weighted by molar-refractivity contribution is -0.126. The van der Waals surface area contributed by atoms with Crippen LogP contribution < -0.4 is 5.32 Å². The summed E-state index contributed by atoms with van der Waals surface area (Å²) in [5.74, 6) is 0.357. The van der Waals surface area contributed by atoms with Crippen molar-refractivity contribution >= 4 is 12.4 Å². The van der Waals surface area contributed by atoms with Crippen LogP contribution in [0, 0.1) is 5.92 Å². The van der Waals surface area contributed by atoms with Crippen LogP contribution in [0.2, 0.25) is 0 Å². The van der Waals surface area contributed by atoms with Gasteiger partial charge in [-0.05, 0) is 64.3 Å². The Morgan fingerprint density at radius 2 is 1.62 bits per heavy atom. The number of aliphatic hydroxyl groups excluding tert-OH is 1. The van der Waals surface area contributed by atoms with Gasteiger partial charge < -0.3 is 15.5 Å². The first kappa shape index (κ1) is 21.2. The molecule has 1 aliphatic heterocycles. The van der Waals surface area contributed by atoms with E-state index in [2.05, 4.69) is 10.2 Å². The number of rotatable bonds is 5. The van der Waals surface area contributed by atoms with E-state index in [0.717, 1.165) is 44.7 Å². The first-order valence-electron chi connectivity index (χ1n) is 10.4. The summed E-state index contributed by atoms with van der Waals surface area (Å²) >= 11 is 0. The normalized spacial score (nSPS) is 30.3. The molecular formula is C20H36N2O4. The van der Waals surface area contributed by atoms with Crippen LogP contribution in [0.5, 0.6) is 0 Å². The molecule has 0 aromatic heterocycles. The molecule has 1 amide bonds. The molecule has 26 heavy (non-hydrogen) atoms. The molecule has 2 saturated carbocycles. The highest BCUT2D eigenvalue weighted by Crippen LogP contribution is 2.30. The van der Waals surface area contributed by atoms with Crippen LogP contribution in [0.1, 0.15) is 77.0 Å². The van der Waals surface area contributed by atoms with Crippen molar-refractivity contribution < 1.29 is 19.8 Å². The maximum absolute atomic E-state index is 12.3. The van der Waals surface area contributed by atoms with Gasteiger partial charge in [0, 0.05) is 24.5 Å². The molecule has 0 radical (unpaired) electrons. The van der Waals surface area contributed by atoms with Gasteiger partial charge in [0.25, 0.3) is 6.47 Å². The second-order valence-corrected chi connectivity index (χ2v) is 8.02. The Bertz CT molecular complexity index is 418. The number of amides is 1. The van der Waals surface area contributed by atoms with Crippen molar-refractivity contribution in [3.05, 3.63) is 0 Å². The molecule has 0 aromatic carbocycles. The van der Waals surface area contributed by atoms with Gasteiger partial charge in [-0.2, -0.15) is 0 Å². The molecule has 6 heteroatoms. The van der Waals surface area contributed by atoms with Crippen molar-refractivity contribution in [2.24, 2.45) is 5.92 Å². The number of likely N-dealkylation sites (tertiary alicyclic amines) is 1. The van der Waals surface area contributed by atoms with Crippen molar-refractivity contribution in [1.82, 2.24) is 10.2 Å². The van der Waals surface area contributed by atoms with Crippen LogP contribution >= 0.6 is 0 Å². The number of nitrogens with zero attached hydrogens (tertiary/aromatic N) is 1. The van der Waals surface area contributed by atoms with E-state index in [0.29, 0.717) is 6.04 Å². The van der Waals surface area contributed by atoms with Crippen LogP contribution in [0.15, 0.2) is 0 Å². The third kappa shape index (κ3) is 6.54. The average molecular weight is 369 g/mol. The molecule has 2 aliphatic carbocycles. The largest absolute Gasteiger partial charge is 0.483 e. The van der Waals surface area contributed by atoms with Gasteiger partial charge in [-0.25, -0.2) is 0 Å². The lowest BCUT2D eigenvalue weighted by atomic mass is 9.87. The number of aliphatic hydroxyl groups is 1. The minimum Gasteiger partial charge on any atom is -0.483 e. The number of carbonyl (C=O) groups excluding carboxylic acids is 1. The summed E-state index contributed by atoms with van der Waals surface area (Å²) in [5.41, 5.74) is 0. The summed E-state index contributed by atoms with van der Waals surface area (Å²) in [4.78, 5) is 23.4. The van der Waals surface area contributed by atoms with Gasteiger partial charge in [-0.3, -0.25) is 14.5 Å². The second kappa shape index (κ2) is 11.5. The van der Waals surface area contributed by atoms with Crippen molar-refractivity contribution in [2.45, 2.75) is 95.2 Å². The van der Waals surface area contributed by atoms with Crippen LogP contribution in [0.25, 0.3) is 0 Å². The number of hydrogen-bond donors (Lipinski definition) is 3. The molecule has 0 bridgehead atoms. The first-order chi connectivity index (χ1) is 12.7. The fourth-order valence-electron chi connectivity index (χ4n) is 4.89. The average Bonchev–Trinajstić information content (AvgIpc) is 3.18. The van der Waals surface area contributed by atoms with Crippen LogP contribution in [0.4, 0.5) is 0 Å². The molecule has 150 valence electrons. The third-order valence-corrected chi connectivity index (χ3v) is 6.31. The predicted octanol–water partition coefficient (Wildman–Crippen LogP) is 2.54. The Morgan fingerprint density at radius 3 is 2.27 bits per heavy atom. The SMILES string of the molecule is O=C(NCCC1CCCCN1C1CCCC1)C1CCC(O)CC1.O=CO. The standard InChI is InChI=1S/C19H34N2O2.CH2O2/c22-18-10-8-15(9-11-18)19(23)20-13-12-17-7-3-4-14-21(17)16-5-1-2-6-16;2-1-3/h15-18,22H,1-14H2,(H,20,23);1H,(H,2,3). The maximum Gasteiger partial charge on any atom is 0.290 e. The zero-order chi connectivity index (χ0) is 18.8. The van der Waals surface area contributed by atoms with E-state index in [9.17, 15) is 9.90 Å². The lowest BCUT2D eigenvalue weighted by Gasteiger charge is -2.40. The summed E-state index contributed by atoms with van der Waals surface area (Å²) < 4.78 is 0. The van der Waals surface area contributed by atoms with Gasteiger partial charge in [0.1, 0.15) is 0 Å². The second-order valence-electron chi connectivity index (χ2n) is 8.02. The third-order valence-electron chi connectivity index (χ3n) is 6.31. The molecule has 0 aromatic rings. The smallest absolute Gasteiger partial charge is 0.290 e. The highest BCUT2D eigenvalue weighted by atomic mass is 16.3. The summed E-state index contributed by atoms with van der Waals surface area (Å²) in [5, 5.41) is 19.6. The molecule has 3 aliphatic rings. The minimum absolute atomic E-state index is 0.135. The number of piperidine rings is 1. The zero-order valence-electron chi connectivity index (χ0n) is 15.9. The topological polar surface area (TPSA) is 89.9 Å². The summed E-state index contributed by atoms with van der Waals surface area (Å²) in [6.07, 6.45) is 13.8. The van der Waals surface area contributed by atoms with E-state index >= 15 is 0 Å². The summed E-state index contributed by atoms with van der Waals surface area (Å²) in [7, 11) is 0. The van der Waals surface area contributed by atoms with Gasteiger partial charge in [-0.15, -0.1) is 0 Å². The molecule has 1 unspecified atom stereocenters. The van der Waals surface area contributed by atoms with E-state index in [4.69, 9.17) is 9.90 Å². The Hall–Kier alpha value is -1.14. The Labute approximate surface area is 157 Å². The Balaban J connectivity index is 0.000000758. The highest BCUT2D eigenvalue weighted by Gasteiger charge is 2.30. The number of carboxylic acid groups (broad SMARTS) is 1. The van der Waals surface area contributed by atoms with Crippen molar-refractivity contribution in [3.8, 4) is 0 Å². The number of carbonyl (C=O) groups is 2. The van der Waals surface area contributed by atoms with Gasteiger partial charge in [-0.1, -0.05) is 19.3 Å².